The summed E-state index contributed by atoms with van der Waals surface area (Å²) >= 11 is 9.18. The van der Waals surface area contributed by atoms with Crippen LogP contribution < -0.4 is 4.72 Å². The van der Waals surface area contributed by atoms with Gasteiger partial charge >= 0.3 is 0 Å². The fourth-order valence-electron chi connectivity index (χ4n) is 1.69. The lowest BCUT2D eigenvalue weighted by Gasteiger charge is -2.12. The van der Waals surface area contributed by atoms with E-state index >= 15 is 0 Å². The van der Waals surface area contributed by atoms with E-state index < -0.39 is 10.0 Å². The van der Waals surface area contributed by atoms with Gasteiger partial charge in [0.15, 0.2) is 5.15 Å². The molecule has 0 bridgehead atoms. The molecule has 20 heavy (non-hydrogen) atoms. The highest BCUT2D eigenvalue weighted by atomic mass is 79.9. The zero-order valence-electron chi connectivity index (χ0n) is 10.8. The van der Waals surface area contributed by atoms with Crippen molar-refractivity contribution in [1.29, 1.82) is 0 Å². The van der Waals surface area contributed by atoms with Crippen LogP contribution in [0.15, 0.2) is 39.8 Å². The quantitative estimate of drug-likeness (QED) is 0.827. The first-order chi connectivity index (χ1) is 9.29. The van der Waals surface area contributed by atoms with Crippen molar-refractivity contribution < 1.29 is 8.42 Å². The first-order valence-electron chi connectivity index (χ1n) is 5.71. The molecule has 7 heteroatoms. The van der Waals surface area contributed by atoms with Crippen molar-refractivity contribution in [2.45, 2.75) is 18.7 Å². The lowest BCUT2D eigenvalue weighted by molar-refractivity contribution is 0.600. The second-order valence-electron chi connectivity index (χ2n) is 4.37. The number of pyridine rings is 1. The number of rotatable bonds is 3. The Kier molecular flexibility index (Phi) is 4.36. The number of nitrogens with one attached hydrogen (secondary N) is 1. The van der Waals surface area contributed by atoms with E-state index in [0.717, 1.165) is 5.56 Å². The molecule has 106 valence electrons. The number of halogens is 2. The maximum absolute atomic E-state index is 12.4. The molecule has 0 saturated heterocycles. The number of aryl methyl sites for hydroxylation is 2. The topological polar surface area (TPSA) is 59.1 Å². The molecule has 2 rings (SSSR count). The Balaban J connectivity index is 2.46. The van der Waals surface area contributed by atoms with E-state index in [1.807, 2.05) is 6.92 Å². The third kappa shape index (κ3) is 3.31. The van der Waals surface area contributed by atoms with Gasteiger partial charge in [0.2, 0.25) is 0 Å². The standard InChI is InChI=1S/C13H12BrClN2O2S/c1-8-5-11(13(15)16-7-8)17-20(18,19)12-6-10(14)4-3-9(12)2/h3-7,17H,1-2H3. The van der Waals surface area contributed by atoms with Crippen molar-refractivity contribution >= 4 is 43.2 Å². The number of anilines is 1. The van der Waals surface area contributed by atoms with Gasteiger partial charge in [-0.2, -0.15) is 0 Å². The number of benzene rings is 1. The fourth-order valence-corrected chi connectivity index (χ4v) is 3.74. The van der Waals surface area contributed by atoms with Gasteiger partial charge in [0.25, 0.3) is 10.0 Å². The SMILES string of the molecule is Cc1cnc(Cl)c(NS(=O)(=O)c2cc(Br)ccc2C)c1. The minimum absolute atomic E-state index is 0.117. The summed E-state index contributed by atoms with van der Waals surface area (Å²) in [6, 6.07) is 6.71. The van der Waals surface area contributed by atoms with Gasteiger partial charge in [-0.25, -0.2) is 13.4 Å². The van der Waals surface area contributed by atoms with Gasteiger partial charge in [-0.15, -0.1) is 0 Å². The van der Waals surface area contributed by atoms with E-state index in [9.17, 15) is 8.42 Å². The zero-order chi connectivity index (χ0) is 14.9. The Morgan fingerprint density at radius 3 is 2.65 bits per heavy atom. The fraction of sp³-hybridized carbons (Fsp3) is 0.154. The average Bonchev–Trinajstić information content (AvgIpc) is 2.36. The van der Waals surface area contributed by atoms with Gasteiger partial charge in [-0.3, -0.25) is 4.72 Å². The predicted octanol–water partition coefficient (Wildman–Crippen LogP) is 3.92. The molecule has 2 aromatic rings. The lowest BCUT2D eigenvalue weighted by atomic mass is 10.2. The minimum Gasteiger partial charge on any atom is -0.276 e. The predicted molar refractivity (Wildman–Crippen MR) is 83.7 cm³/mol. The second-order valence-corrected chi connectivity index (χ2v) is 7.29. The largest absolute Gasteiger partial charge is 0.276 e. The summed E-state index contributed by atoms with van der Waals surface area (Å²) in [6.07, 6.45) is 1.57. The van der Waals surface area contributed by atoms with Crippen molar-refractivity contribution in [2.75, 3.05) is 4.72 Å². The molecule has 0 amide bonds. The molecule has 0 spiro atoms. The van der Waals surface area contributed by atoms with Crippen LogP contribution in [0.4, 0.5) is 5.69 Å². The molecule has 0 aliphatic carbocycles. The highest BCUT2D eigenvalue weighted by Gasteiger charge is 2.19. The van der Waals surface area contributed by atoms with Crippen LogP contribution in [0.25, 0.3) is 0 Å². The summed E-state index contributed by atoms with van der Waals surface area (Å²) in [4.78, 5) is 4.12. The van der Waals surface area contributed by atoms with Crippen LogP contribution in [-0.4, -0.2) is 13.4 Å². The van der Waals surface area contributed by atoms with Crippen molar-refractivity contribution in [3.8, 4) is 0 Å². The van der Waals surface area contributed by atoms with Crippen molar-refractivity contribution in [2.24, 2.45) is 0 Å². The number of nitrogens with zero attached hydrogens (tertiary/aromatic N) is 1. The van der Waals surface area contributed by atoms with Crippen LogP contribution in [0.1, 0.15) is 11.1 Å². The summed E-state index contributed by atoms with van der Waals surface area (Å²) in [5.74, 6) is 0. The van der Waals surface area contributed by atoms with Crippen LogP contribution in [0, 0.1) is 13.8 Å². The van der Waals surface area contributed by atoms with E-state index in [1.165, 1.54) is 0 Å². The van der Waals surface area contributed by atoms with Gasteiger partial charge in [0, 0.05) is 10.7 Å². The van der Waals surface area contributed by atoms with Crippen LogP contribution >= 0.6 is 27.5 Å². The summed E-state index contributed by atoms with van der Waals surface area (Å²) in [5, 5.41) is 0.117. The smallest absolute Gasteiger partial charge is 0.262 e. The molecule has 0 atom stereocenters. The molecule has 4 nitrogen and oxygen atoms in total. The van der Waals surface area contributed by atoms with Gasteiger partial charge < -0.3 is 0 Å². The van der Waals surface area contributed by atoms with Crippen molar-refractivity contribution in [1.82, 2.24) is 4.98 Å². The lowest BCUT2D eigenvalue weighted by Crippen LogP contribution is -2.15. The maximum atomic E-state index is 12.4. The van der Waals surface area contributed by atoms with E-state index in [1.54, 1.807) is 37.4 Å². The number of hydrogen-bond acceptors (Lipinski definition) is 3. The number of hydrogen-bond donors (Lipinski definition) is 1. The van der Waals surface area contributed by atoms with Crippen LogP contribution in [0.5, 0.6) is 0 Å². The third-order valence-corrected chi connectivity index (χ3v) is 4.96. The Hall–Kier alpha value is -1.11. The molecule has 0 unspecified atom stereocenters. The molecule has 0 aliphatic heterocycles. The second kappa shape index (κ2) is 5.71. The number of aromatic nitrogens is 1. The van der Waals surface area contributed by atoms with E-state index in [0.29, 0.717) is 10.0 Å². The van der Waals surface area contributed by atoms with Gasteiger partial charge in [0.05, 0.1) is 10.6 Å². The molecular weight excluding hydrogens is 364 g/mol. The van der Waals surface area contributed by atoms with E-state index in [2.05, 4.69) is 25.6 Å². The first kappa shape index (κ1) is 15.3. The molecule has 0 aliphatic rings. The highest BCUT2D eigenvalue weighted by Crippen LogP contribution is 2.26. The van der Waals surface area contributed by atoms with Gasteiger partial charge in [-0.05, 0) is 43.2 Å². The maximum Gasteiger partial charge on any atom is 0.262 e. The Labute approximate surface area is 131 Å². The molecule has 1 heterocycles. The Bertz CT molecular complexity index is 763. The first-order valence-corrected chi connectivity index (χ1v) is 8.36. The van der Waals surface area contributed by atoms with Gasteiger partial charge in [-0.1, -0.05) is 33.6 Å². The summed E-state index contributed by atoms with van der Waals surface area (Å²) in [6.45, 7) is 3.54. The molecule has 0 fully saturated rings. The third-order valence-electron chi connectivity index (χ3n) is 2.66. The van der Waals surface area contributed by atoms with E-state index in [4.69, 9.17) is 11.6 Å². The number of sulfonamides is 1. The zero-order valence-corrected chi connectivity index (χ0v) is 14.0. The highest BCUT2D eigenvalue weighted by molar-refractivity contribution is 9.10. The Morgan fingerprint density at radius 2 is 1.95 bits per heavy atom. The molecular formula is C13H12BrClN2O2S. The summed E-state index contributed by atoms with van der Waals surface area (Å²) in [7, 11) is -3.71. The van der Waals surface area contributed by atoms with Crippen LogP contribution in [-0.2, 0) is 10.0 Å². The van der Waals surface area contributed by atoms with Crippen molar-refractivity contribution in [3.63, 3.8) is 0 Å². The molecule has 1 aromatic carbocycles. The summed E-state index contributed by atoms with van der Waals surface area (Å²) < 4.78 is 28.0. The Morgan fingerprint density at radius 1 is 1.25 bits per heavy atom. The minimum atomic E-state index is -3.71. The summed E-state index contributed by atoms with van der Waals surface area (Å²) in [5.41, 5.74) is 1.74. The normalized spacial score (nSPS) is 11.4. The monoisotopic (exact) mass is 374 g/mol. The van der Waals surface area contributed by atoms with Crippen LogP contribution in [0.2, 0.25) is 5.15 Å². The average molecular weight is 376 g/mol. The van der Waals surface area contributed by atoms with Crippen molar-refractivity contribution in [3.05, 3.63) is 51.2 Å². The van der Waals surface area contributed by atoms with Gasteiger partial charge in [0.1, 0.15) is 0 Å². The molecule has 1 N–H and O–H groups in total. The molecule has 0 saturated carbocycles. The molecule has 1 aromatic heterocycles. The molecule has 0 radical (unpaired) electrons. The van der Waals surface area contributed by atoms with Crippen LogP contribution in [0.3, 0.4) is 0 Å². The van der Waals surface area contributed by atoms with E-state index in [-0.39, 0.29) is 15.7 Å².